The molecule has 112 valence electrons. The van der Waals surface area contributed by atoms with Crippen LogP contribution in [0.5, 0.6) is 0 Å². The van der Waals surface area contributed by atoms with Crippen LogP contribution in [-0.4, -0.2) is 20.8 Å². The predicted molar refractivity (Wildman–Crippen MR) is 80.5 cm³/mol. The van der Waals surface area contributed by atoms with Crippen molar-refractivity contribution in [1.82, 2.24) is 0 Å². The number of aliphatic imine (C=N–C) groups is 1. The lowest BCUT2D eigenvalue weighted by Gasteiger charge is -2.23. The fourth-order valence-electron chi connectivity index (χ4n) is 3.58. The molecule has 0 amide bonds. The number of rotatable bonds is 4. The van der Waals surface area contributed by atoms with Gasteiger partial charge in [0.15, 0.2) is 9.84 Å². The highest BCUT2D eigenvalue weighted by Gasteiger charge is 2.53. The number of carbonyl (C=O) groups excluding carboxylic acids is 1. The molecule has 0 heterocycles. The quantitative estimate of drug-likeness (QED) is 0.634. The van der Waals surface area contributed by atoms with Crippen LogP contribution in [0.25, 0.3) is 0 Å². The first kappa shape index (κ1) is 14.5. The van der Waals surface area contributed by atoms with Gasteiger partial charge in [-0.1, -0.05) is 37.1 Å². The molecule has 5 heteroatoms. The van der Waals surface area contributed by atoms with E-state index in [-0.39, 0.29) is 0 Å². The van der Waals surface area contributed by atoms with Crippen LogP contribution in [-0.2, 0) is 24.9 Å². The van der Waals surface area contributed by atoms with E-state index in [2.05, 4.69) is 4.99 Å². The highest BCUT2D eigenvalue weighted by atomic mass is 32.2. The topological polar surface area (TPSA) is 63.6 Å². The van der Waals surface area contributed by atoms with Gasteiger partial charge in [0, 0.05) is 6.26 Å². The molecule has 0 aliphatic heterocycles. The third-order valence-corrected chi connectivity index (χ3v) is 7.12. The molecule has 0 spiro atoms. The Hall–Kier alpha value is -1.45. The maximum Gasteiger partial charge on any atom is 0.235 e. The molecule has 0 aromatic heterocycles. The first-order valence-electron chi connectivity index (χ1n) is 7.33. The van der Waals surface area contributed by atoms with Crippen LogP contribution in [0.3, 0.4) is 0 Å². The molecule has 0 bridgehead atoms. The molecule has 2 saturated carbocycles. The molecule has 0 unspecified atom stereocenters. The normalized spacial score (nSPS) is 22.5. The molecule has 21 heavy (non-hydrogen) atoms. The smallest absolute Gasteiger partial charge is 0.228 e. The Morgan fingerprint density at radius 2 is 1.52 bits per heavy atom. The summed E-state index contributed by atoms with van der Waals surface area (Å²) in [5.41, 5.74) is 1.41. The standard InChI is InChI=1S/C16H19NO3S/c1-21(19,20)16(10-11-16)14-6-4-13(5-7-14)15(17-12-18)8-2-3-9-15/h4-7H,2-3,8-11H2,1H3. The number of hydrogen-bond acceptors (Lipinski definition) is 4. The Bertz CT molecular complexity index is 690. The van der Waals surface area contributed by atoms with E-state index in [1.165, 1.54) is 6.26 Å². The zero-order chi connectivity index (χ0) is 15.1. The van der Waals surface area contributed by atoms with Gasteiger partial charge in [0.2, 0.25) is 6.08 Å². The lowest BCUT2D eigenvalue weighted by molar-refractivity contribution is 0.456. The van der Waals surface area contributed by atoms with Crippen molar-refractivity contribution in [3.63, 3.8) is 0 Å². The van der Waals surface area contributed by atoms with E-state index in [0.29, 0.717) is 12.8 Å². The maximum absolute atomic E-state index is 12.0. The summed E-state index contributed by atoms with van der Waals surface area (Å²) in [7, 11) is -3.09. The molecule has 0 saturated heterocycles. The van der Waals surface area contributed by atoms with E-state index in [9.17, 15) is 13.2 Å². The van der Waals surface area contributed by atoms with E-state index in [0.717, 1.165) is 36.8 Å². The summed E-state index contributed by atoms with van der Waals surface area (Å²) in [6, 6.07) is 7.66. The van der Waals surface area contributed by atoms with Crippen molar-refractivity contribution in [3.8, 4) is 0 Å². The van der Waals surface area contributed by atoms with E-state index < -0.39 is 20.1 Å². The molecule has 4 nitrogen and oxygen atoms in total. The molecule has 0 radical (unpaired) electrons. The average molecular weight is 305 g/mol. The second kappa shape index (κ2) is 4.79. The van der Waals surface area contributed by atoms with Crippen molar-refractivity contribution in [2.24, 2.45) is 4.99 Å². The summed E-state index contributed by atoms with van der Waals surface area (Å²) in [6.07, 6.45) is 8.24. The van der Waals surface area contributed by atoms with Gasteiger partial charge in [-0.15, -0.1) is 0 Å². The van der Waals surface area contributed by atoms with Gasteiger partial charge in [0.1, 0.15) is 0 Å². The average Bonchev–Trinajstić information content (AvgIpc) is 3.15. The van der Waals surface area contributed by atoms with E-state index >= 15 is 0 Å². The van der Waals surface area contributed by atoms with Gasteiger partial charge in [0.05, 0.1) is 10.3 Å². The fourth-order valence-corrected chi connectivity index (χ4v) is 4.99. The van der Waals surface area contributed by atoms with Gasteiger partial charge in [-0.3, -0.25) is 0 Å². The molecule has 2 aliphatic carbocycles. The third kappa shape index (κ3) is 2.25. The number of hydrogen-bond donors (Lipinski definition) is 0. The second-order valence-electron chi connectivity index (χ2n) is 6.29. The number of benzene rings is 1. The summed E-state index contributed by atoms with van der Waals surface area (Å²) >= 11 is 0. The van der Waals surface area contributed by atoms with Gasteiger partial charge in [-0.25, -0.2) is 13.2 Å². The van der Waals surface area contributed by atoms with Crippen LogP contribution in [0.4, 0.5) is 0 Å². The lowest BCUT2D eigenvalue weighted by Crippen LogP contribution is -2.21. The minimum atomic E-state index is -3.09. The number of sulfone groups is 1. The number of isocyanates is 1. The Labute approximate surface area is 125 Å². The minimum absolute atomic E-state index is 0.442. The number of nitrogens with zero attached hydrogens (tertiary/aromatic N) is 1. The van der Waals surface area contributed by atoms with E-state index in [1.54, 1.807) is 6.08 Å². The van der Waals surface area contributed by atoms with Gasteiger partial charge in [-0.2, -0.15) is 4.99 Å². The molecule has 1 aromatic carbocycles. The summed E-state index contributed by atoms with van der Waals surface area (Å²) in [4.78, 5) is 14.8. The largest absolute Gasteiger partial charge is 0.235 e. The minimum Gasteiger partial charge on any atom is -0.228 e. The molecule has 2 fully saturated rings. The Kier molecular flexibility index (Phi) is 3.30. The van der Waals surface area contributed by atoms with Crippen molar-refractivity contribution in [1.29, 1.82) is 0 Å². The van der Waals surface area contributed by atoms with Crippen molar-refractivity contribution in [2.75, 3.05) is 6.26 Å². The van der Waals surface area contributed by atoms with Crippen LogP contribution in [0.1, 0.15) is 49.7 Å². The zero-order valence-corrected chi connectivity index (χ0v) is 12.9. The molecule has 0 atom stereocenters. The van der Waals surface area contributed by atoms with Crippen LogP contribution in [0.15, 0.2) is 29.3 Å². The predicted octanol–water partition coefficient (Wildman–Crippen LogP) is 2.83. The Morgan fingerprint density at radius 1 is 1.00 bits per heavy atom. The summed E-state index contributed by atoms with van der Waals surface area (Å²) in [6.45, 7) is 0. The van der Waals surface area contributed by atoms with Gasteiger partial charge in [0.25, 0.3) is 0 Å². The lowest BCUT2D eigenvalue weighted by atomic mass is 9.88. The van der Waals surface area contributed by atoms with Crippen molar-refractivity contribution < 1.29 is 13.2 Å². The maximum atomic E-state index is 12.0. The van der Waals surface area contributed by atoms with E-state index in [1.807, 2.05) is 24.3 Å². The summed E-state index contributed by atoms with van der Waals surface area (Å²) < 4.78 is 23.2. The molecule has 2 aliphatic rings. The van der Waals surface area contributed by atoms with Crippen molar-refractivity contribution >= 4 is 15.9 Å². The molecule has 3 rings (SSSR count). The molecule has 1 aromatic rings. The monoisotopic (exact) mass is 305 g/mol. The third-order valence-electron chi connectivity index (χ3n) is 5.05. The molecular weight excluding hydrogens is 286 g/mol. The van der Waals surface area contributed by atoms with Crippen LogP contribution in [0.2, 0.25) is 0 Å². The van der Waals surface area contributed by atoms with Crippen LogP contribution < -0.4 is 0 Å². The van der Waals surface area contributed by atoms with Gasteiger partial charge in [-0.05, 0) is 36.8 Å². The van der Waals surface area contributed by atoms with Gasteiger partial charge >= 0.3 is 0 Å². The first-order chi connectivity index (χ1) is 9.94. The Morgan fingerprint density at radius 3 is 1.95 bits per heavy atom. The highest BCUT2D eigenvalue weighted by Crippen LogP contribution is 2.52. The highest BCUT2D eigenvalue weighted by molar-refractivity contribution is 7.92. The van der Waals surface area contributed by atoms with E-state index in [4.69, 9.17) is 0 Å². The van der Waals surface area contributed by atoms with Gasteiger partial charge < -0.3 is 0 Å². The fraction of sp³-hybridized carbons (Fsp3) is 0.562. The van der Waals surface area contributed by atoms with Crippen molar-refractivity contribution in [2.45, 2.75) is 48.8 Å². The summed E-state index contributed by atoms with van der Waals surface area (Å²) in [5, 5.41) is 0. The molecule has 0 N–H and O–H groups in total. The van der Waals surface area contributed by atoms with Crippen LogP contribution >= 0.6 is 0 Å². The second-order valence-corrected chi connectivity index (χ2v) is 8.61. The Balaban J connectivity index is 1.97. The molecular formula is C16H19NO3S. The van der Waals surface area contributed by atoms with Crippen LogP contribution in [0, 0.1) is 0 Å². The zero-order valence-electron chi connectivity index (χ0n) is 12.1. The first-order valence-corrected chi connectivity index (χ1v) is 9.22. The summed E-state index contributed by atoms with van der Waals surface area (Å²) in [5.74, 6) is 0. The van der Waals surface area contributed by atoms with Crippen molar-refractivity contribution in [3.05, 3.63) is 35.4 Å². The SMILES string of the molecule is CS(=O)(=O)C1(c2ccc(C3(N=C=O)CCCC3)cc2)CC1.